The highest BCUT2D eigenvalue weighted by atomic mass is 16.5. The highest BCUT2D eigenvalue weighted by Crippen LogP contribution is 2.36. The maximum Gasteiger partial charge on any atom is 0.244 e. The number of fused-ring (bicyclic) bond motifs is 1. The first-order valence-corrected chi connectivity index (χ1v) is 7.41. The van der Waals surface area contributed by atoms with E-state index in [2.05, 4.69) is 13.0 Å². The topological polar surface area (TPSA) is 55.6 Å². The Hall–Kier alpha value is -1.55. The summed E-state index contributed by atoms with van der Waals surface area (Å²) in [5, 5.41) is 0. The van der Waals surface area contributed by atoms with Crippen molar-refractivity contribution in [1.82, 2.24) is 0 Å². The Bertz CT molecular complexity index is 459. The summed E-state index contributed by atoms with van der Waals surface area (Å²) in [5.74, 6) is 0.780. The van der Waals surface area contributed by atoms with Crippen LogP contribution in [0.25, 0.3) is 0 Å². The van der Waals surface area contributed by atoms with Crippen LogP contribution in [0.15, 0.2) is 18.2 Å². The Labute approximate surface area is 120 Å². The predicted molar refractivity (Wildman–Crippen MR) is 81.2 cm³/mol. The zero-order valence-corrected chi connectivity index (χ0v) is 12.4. The van der Waals surface area contributed by atoms with Gasteiger partial charge in [-0.05, 0) is 30.9 Å². The van der Waals surface area contributed by atoms with Crippen LogP contribution in [0.4, 0.5) is 5.69 Å². The van der Waals surface area contributed by atoms with E-state index in [-0.39, 0.29) is 5.91 Å². The number of unbranched alkanes of at least 4 members (excludes halogenated alkanes) is 1. The molecule has 1 aliphatic rings. The van der Waals surface area contributed by atoms with Gasteiger partial charge in [0.1, 0.15) is 5.75 Å². The molecule has 0 aromatic heterocycles. The van der Waals surface area contributed by atoms with Crippen LogP contribution in [-0.2, 0) is 11.2 Å². The van der Waals surface area contributed by atoms with E-state index >= 15 is 0 Å². The van der Waals surface area contributed by atoms with E-state index in [0.717, 1.165) is 50.1 Å². The fraction of sp³-hybridized carbons (Fsp3) is 0.562. The molecule has 1 atom stereocenters. The van der Waals surface area contributed by atoms with E-state index in [1.165, 1.54) is 5.56 Å². The minimum Gasteiger partial charge on any atom is -0.495 e. The second kappa shape index (κ2) is 6.75. The molecular formula is C16H24N2O2. The number of para-hydroxylation sites is 1. The summed E-state index contributed by atoms with van der Waals surface area (Å²) in [6, 6.07) is 5.53. The van der Waals surface area contributed by atoms with Crippen molar-refractivity contribution in [3.05, 3.63) is 23.8 Å². The van der Waals surface area contributed by atoms with Crippen LogP contribution in [0.2, 0.25) is 0 Å². The number of aryl methyl sites for hydroxylation is 1. The quantitative estimate of drug-likeness (QED) is 0.899. The molecule has 110 valence electrons. The third-order valence-corrected chi connectivity index (χ3v) is 3.85. The van der Waals surface area contributed by atoms with Gasteiger partial charge < -0.3 is 15.4 Å². The number of amides is 1. The molecule has 0 bridgehead atoms. The Kier molecular flexibility index (Phi) is 5.01. The van der Waals surface area contributed by atoms with Crippen LogP contribution in [-0.4, -0.2) is 25.6 Å². The Balaban J connectivity index is 2.25. The first kappa shape index (κ1) is 14.9. The summed E-state index contributed by atoms with van der Waals surface area (Å²) in [6.07, 6.45) is 4.75. The second-order valence-corrected chi connectivity index (χ2v) is 5.31. The molecule has 0 fully saturated rings. The zero-order valence-electron chi connectivity index (χ0n) is 12.4. The Morgan fingerprint density at radius 2 is 2.30 bits per heavy atom. The van der Waals surface area contributed by atoms with Crippen LogP contribution in [0, 0.1) is 0 Å². The van der Waals surface area contributed by atoms with E-state index in [4.69, 9.17) is 10.5 Å². The molecule has 0 aliphatic carbocycles. The molecule has 1 aromatic rings. The average Bonchev–Trinajstić information content (AvgIpc) is 2.50. The van der Waals surface area contributed by atoms with Gasteiger partial charge in [0.25, 0.3) is 0 Å². The molecule has 0 spiro atoms. The molecule has 20 heavy (non-hydrogen) atoms. The van der Waals surface area contributed by atoms with Crippen molar-refractivity contribution in [1.29, 1.82) is 0 Å². The van der Waals surface area contributed by atoms with Crippen molar-refractivity contribution < 1.29 is 9.53 Å². The first-order chi connectivity index (χ1) is 9.69. The molecule has 1 aliphatic heterocycles. The van der Waals surface area contributed by atoms with Crippen LogP contribution < -0.4 is 15.4 Å². The van der Waals surface area contributed by atoms with Crippen molar-refractivity contribution in [2.45, 2.75) is 45.1 Å². The molecule has 2 N–H and O–H groups in total. The van der Waals surface area contributed by atoms with Gasteiger partial charge in [0.05, 0.1) is 18.8 Å². The molecule has 4 nitrogen and oxygen atoms in total. The van der Waals surface area contributed by atoms with Crippen molar-refractivity contribution in [3.63, 3.8) is 0 Å². The van der Waals surface area contributed by atoms with Gasteiger partial charge in [0, 0.05) is 6.54 Å². The molecule has 2 rings (SSSR count). The molecule has 0 saturated carbocycles. The summed E-state index contributed by atoms with van der Waals surface area (Å²) >= 11 is 0. The molecule has 1 aromatic carbocycles. The average molecular weight is 276 g/mol. The third kappa shape index (κ3) is 2.96. The van der Waals surface area contributed by atoms with E-state index < -0.39 is 6.04 Å². The van der Waals surface area contributed by atoms with Crippen molar-refractivity contribution in [3.8, 4) is 5.75 Å². The number of ether oxygens (including phenoxy) is 1. The Morgan fingerprint density at radius 1 is 1.50 bits per heavy atom. The number of methoxy groups -OCH3 is 1. The van der Waals surface area contributed by atoms with E-state index in [9.17, 15) is 4.79 Å². The highest BCUT2D eigenvalue weighted by molar-refractivity contribution is 5.99. The van der Waals surface area contributed by atoms with Crippen molar-refractivity contribution >= 4 is 11.6 Å². The van der Waals surface area contributed by atoms with Crippen LogP contribution >= 0.6 is 0 Å². The fourth-order valence-electron chi connectivity index (χ4n) is 2.75. The smallest absolute Gasteiger partial charge is 0.244 e. The normalized spacial score (nSPS) is 15.7. The minimum atomic E-state index is -0.411. The number of carbonyl (C=O) groups is 1. The molecule has 0 unspecified atom stereocenters. The number of nitrogens with two attached hydrogens (primary N) is 1. The van der Waals surface area contributed by atoms with Gasteiger partial charge >= 0.3 is 0 Å². The highest BCUT2D eigenvalue weighted by Gasteiger charge is 2.28. The van der Waals surface area contributed by atoms with Gasteiger partial charge in [-0.3, -0.25) is 4.79 Å². The monoisotopic (exact) mass is 276 g/mol. The maximum atomic E-state index is 12.6. The van der Waals surface area contributed by atoms with E-state index in [1.807, 2.05) is 17.0 Å². The van der Waals surface area contributed by atoms with Gasteiger partial charge in [0.2, 0.25) is 5.91 Å². The fourth-order valence-corrected chi connectivity index (χ4v) is 2.75. The van der Waals surface area contributed by atoms with Gasteiger partial charge in [-0.1, -0.05) is 31.9 Å². The summed E-state index contributed by atoms with van der Waals surface area (Å²) in [4.78, 5) is 14.4. The summed E-state index contributed by atoms with van der Waals surface area (Å²) in [7, 11) is 1.64. The number of nitrogens with zero attached hydrogens (tertiary/aromatic N) is 1. The number of carbonyl (C=O) groups excluding carboxylic acids is 1. The van der Waals surface area contributed by atoms with Crippen LogP contribution in [0.5, 0.6) is 5.75 Å². The van der Waals surface area contributed by atoms with Gasteiger partial charge in [0.15, 0.2) is 0 Å². The largest absolute Gasteiger partial charge is 0.495 e. The standard InChI is InChI=1S/C16H24N2O2/c1-3-4-9-13(17)16(19)18-11-6-8-12-7-5-10-14(20-2)15(12)18/h5,7,10,13H,3-4,6,8-9,11,17H2,1-2H3/t13-/m0/s1. The lowest BCUT2D eigenvalue weighted by atomic mass is 9.99. The zero-order chi connectivity index (χ0) is 14.5. The van der Waals surface area contributed by atoms with Gasteiger partial charge in [-0.25, -0.2) is 0 Å². The number of hydrogen-bond acceptors (Lipinski definition) is 3. The third-order valence-electron chi connectivity index (χ3n) is 3.85. The van der Waals surface area contributed by atoms with Gasteiger partial charge in [-0.15, -0.1) is 0 Å². The Morgan fingerprint density at radius 3 is 3.00 bits per heavy atom. The van der Waals surface area contributed by atoms with Crippen LogP contribution in [0.3, 0.4) is 0 Å². The van der Waals surface area contributed by atoms with Crippen molar-refractivity contribution in [2.75, 3.05) is 18.6 Å². The number of rotatable bonds is 5. The lowest BCUT2D eigenvalue weighted by molar-refractivity contribution is -0.120. The number of hydrogen-bond donors (Lipinski definition) is 1. The molecule has 0 radical (unpaired) electrons. The summed E-state index contributed by atoms with van der Waals surface area (Å²) in [6.45, 7) is 2.84. The second-order valence-electron chi connectivity index (χ2n) is 5.31. The van der Waals surface area contributed by atoms with Crippen LogP contribution in [0.1, 0.15) is 38.2 Å². The van der Waals surface area contributed by atoms with E-state index in [0.29, 0.717) is 0 Å². The summed E-state index contributed by atoms with van der Waals surface area (Å²) < 4.78 is 5.42. The molecule has 1 amide bonds. The molecule has 0 saturated heterocycles. The minimum absolute atomic E-state index is 0.0175. The summed E-state index contributed by atoms with van der Waals surface area (Å²) in [5.41, 5.74) is 8.14. The lowest BCUT2D eigenvalue weighted by Gasteiger charge is -2.32. The number of benzene rings is 1. The maximum absolute atomic E-state index is 12.6. The number of anilines is 1. The first-order valence-electron chi connectivity index (χ1n) is 7.41. The van der Waals surface area contributed by atoms with E-state index in [1.54, 1.807) is 7.11 Å². The molecular weight excluding hydrogens is 252 g/mol. The molecule has 4 heteroatoms. The SMILES string of the molecule is CCCC[C@H](N)C(=O)N1CCCc2cccc(OC)c21. The van der Waals surface area contributed by atoms with Gasteiger partial charge in [-0.2, -0.15) is 0 Å². The predicted octanol–water partition coefficient (Wildman–Crippen LogP) is 2.49. The van der Waals surface area contributed by atoms with Crippen molar-refractivity contribution in [2.24, 2.45) is 5.73 Å². The lowest BCUT2D eigenvalue weighted by Crippen LogP contribution is -2.46. The molecule has 1 heterocycles.